The van der Waals surface area contributed by atoms with Gasteiger partial charge in [0, 0.05) is 5.02 Å². The molecule has 4 aromatic carbocycles. The fourth-order valence-electron chi connectivity index (χ4n) is 3.79. The van der Waals surface area contributed by atoms with Crippen LogP contribution < -0.4 is 4.74 Å². The van der Waals surface area contributed by atoms with E-state index in [1.165, 1.54) is 4.90 Å². The number of hydrogen-bond donors (Lipinski definition) is 0. The maximum absolute atomic E-state index is 12.9. The van der Waals surface area contributed by atoms with E-state index in [9.17, 15) is 14.4 Å². The molecule has 2 amide bonds. The van der Waals surface area contributed by atoms with E-state index in [4.69, 9.17) is 16.3 Å². The second kappa shape index (κ2) is 9.78. The van der Waals surface area contributed by atoms with Crippen LogP contribution in [0.1, 0.15) is 21.5 Å². The lowest BCUT2D eigenvalue weighted by Crippen LogP contribution is -2.27. The van der Waals surface area contributed by atoms with Crippen LogP contribution in [0.5, 0.6) is 5.75 Å². The summed E-state index contributed by atoms with van der Waals surface area (Å²) in [5.74, 6) is -0.493. The van der Waals surface area contributed by atoms with Crippen molar-refractivity contribution in [3.8, 4) is 5.75 Å². The fraction of sp³-hybridized carbons (Fsp3) is 0.0357. The summed E-state index contributed by atoms with van der Waals surface area (Å²) >= 11 is 6.79. The van der Waals surface area contributed by atoms with Gasteiger partial charge in [-0.05, 0) is 70.1 Å². The molecular formula is C28H18ClNO4S. The lowest BCUT2D eigenvalue weighted by molar-refractivity contribution is -0.123. The van der Waals surface area contributed by atoms with Crippen molar-refractivity contribution in [1.82, 2.24) is 4.90 Å². The third-order valence-corrected chi connectivity index (χ3v) is 6.66. The van der Waals surface area contributed by atoms with E-state index >= 15 is 0 Å². The monoisotopic (exact) mass is 499 g/mol. The van der Waals surface area contributed by atoms with Gasteiger partial charge in [-0.15, -0.1) is 0 Å². The second-order valence-electron chi connectivity index (χ2n) is 7.88. The van der Waals surface area contributed by atoms with Crippen molar-refractivity contribution < 1.29 is 19.1 Å². The highest BCUT2D eigenvalue weighted by Crippen LogP contribution is 2.34. The standard InChI is InChI=1S/C28H18ClNO4S/c29-21-13-11-18(12-14-21)17-30-26(31)25(35-28(30)33)16-19-5-3-8-22(15-19)34-27(32)24-10-4-7-20-6-1-2-9-23(20)24/h1-16H,17H2/b25-16-. The highest BCUT2D eigenvalue weighted by molar-refractivity contribution is 8.18. The van der Waals surface area contributed by atoms with Gasteiger partial charge in [-0.3, -0.25) is 14.5 Å². The van der Waals surface area contributed by atoms with Crippen LogP contribution >= 0.6 is 23.4 Å². The Hall–Kier alpha value is -3.87. The number of hydrogen-bond acceptors (Lipinski definition) is 5. The number of nitrogens with zero attached hydrogens (tertiary/aromatic N) is 1. The molecule has 1 aliphatic rings. The van der Waals surface area contributed by atoms with E-state index in [-0.39, 0.29) is 17.7 Å². The summed E-state index contributed by atoms with van der Waals surface area (Å²) < 4.78 is 5.62. The third-order valence-electron chi connectivity index (χ3n) is 5.50. The summed E-state index contributed by atoms with van der Waals surface area (Å²) in [6.07, 6.45) is 1.63. The lowest BCUT2D eigenvalue weighted by atomic mass is 10.0. The van der Waals surface area contributed by atoms with Gasteiger partial charge >= 0.3 is 5.97 Å². The Morgan fingerprint density at radius 1 is 0.914 bits per heavy atom. The van der Waals surface area contributed by atoms with E-state index in [0.29, 0.717) is 26.8 Å². The Bertz CT molecular complexity index is 1490. The largest absolute Gasteiger partial charge is 0.423 e. The van der Waals surface area contributed by atoms with Crippen LogP contribution in [0.25, 0.3) is 16.8 Å². The summed E-state index contributed by atoms with van der Waals surface area (Å²) in [5, 5.41) is 2.01. The molecular weight excluding hydrogens is 482 g/mol. The van der Waals surface area contributed by atoms with Gasteiger partial charge in [-0.25, -0.2) is 4.79 Å². The zero-order valence-electron chi connectivity index (χ0n) is 18.3. The summed E-state index contributed by atoms with van der Waals surface area (Å²) in [7, 11) is 0. The Morgan fingerprint density at radius 2 is 1.66 bits per heavy atom. The summed E-state index contributed by atoms with van der Waals surface area (Å²) in [6, 6.07) is 26.9. The number of esters is 1. The topological polar surface area (TPSA) is 63.7 Å². The molecule has 7 heteroatoms. The molecule has 0 N–H and O–H groups in total. The van der Waals surface area contributed by atoms with Gasteiger partial charge in [0.25, 0.3) is 11.1 Å². The first-order valence-electron chi connectivity index (χ1n) is 10.8. The minimum Gasteiger partial charge on any atom is -0.423 e. The predicted molar refractivity (Wildman–Crippen MR) is 138 cm³/mol. The van der Waals surface area contributed by atoms with Crippen LogP contribution in [-0.4, -0.2) is 22.0 Å². The third kappa shape index (κ3) is 4.99. The van der Waals surface area contributed by atoms with Gasteiger partial charge < -0.3 is 4.74 Å². The molecule has 35 heavy (non-hydrogen) atoms. The Labute approximate surface area is 211 Å². The molecule has 0 bridgehead atoms. The highest BCUT2D eigenvalue weighted by Gasteiger charge is 2.35. The highest BCUT2D eigenvalue weighted by atomic mass is 35.5. The van der Waals surface area contributed by atoms with Crippen LogP contribution in [0.2, 0.25) is 5.02 Å². The molecule has 172 valence electrons. The van der Waals surface area contributed by atoms with Crippen LogP contribution in [0, 0.1) is 0 Å². The minimum atomic E-state index is -0.470. The molecule has 1 fully saturated rings. The average Bonchev–Trinajstić information content (AvgIpc) is 3.12. The molecule has 5 nitrogen and oxygen atoms in total. The van der Waals surface area contributed by atoms with E-state index in [2.05, 4.69) is 0 Å². The number of fused-ring (bicyclic) bond motifs is 1. The summed E-state index contributed by atoms with van der Waals surface area (Å²) in [5.41, 5.74) is 1.92. The van der Waals surface area contributed by atoms with E-state index in [1.54, 1.807) is 60.7 Å². The van der Waals surface area contributed by atoms with Crippen molar-refractivity contribution in [3.05, 3.63) is 118 Å². The van der Waals surface area contributed by atoms with Gasteiger partial charge in [0.2, 0.25) is 0 Å². The van der Waals surface area contributed by atoms with Gasteiger partial charge in [-0.2, -0.15) is 0 Å². The maximum atomic E-state index is 12.9. The first-order chi connectivity index (χ1) is 17.0. The van der Waals surface area contributed by atoms with Crippen molar-refractivity contribution in [2.24, 2.45) is 0 Å². The van der Waals surface area contributed by atoms with Crippen LogP contribution in [0.15, 0.2) is 95.9 Å². The fourth-order valence-corrected chi connectivity index (χ4v) is 4.76. The molecule has 1 saturated heterocycles. The van der Waals surface area contributed by atoms with E-state index in [1.807, 2.05) is 36.4 Å². The van der Waals surface area contributed by atoms with Crippen molar-refractivity contribution in [3.63, 3.8) is 0 Å². The number of ether oxygens (including phenoxy) is 1. The van der Waals surface area contributed by atoms with E-state index in [0.717, 1.165) is 28.1 Å². The molecule has 0 aromatic heterocycles. The van der Waals surface area contributed by atoms with E-state index < -0.39 is 5.97 Å². The molecule has 0 saturated carbocycles. The average molecular weight is 500 g/mol. The van der Waals surface area contributed by atoms with Gasteiger partial charge in [-0.1, -0.05) is 72.3 Å². The van der Waals surface area contributed by atoms with Gasteiger partial charge in [0.1, 0.15) is 5.75 Å². The predicted octanol–water partition coefficient (Wildman–Crippen LogP) is 6.95. The number of carbonyl (C=O) groups excluding carboxylic acids is 3. The molecule has 0 aliphatic carbocycles. The SMILES string of the molecule is O=C(Oc1cccc(/C=C2\SC(=O)N(Cc3ccc(Cl)cc3)C2=O)c1)c1cccc2ccccc12. The number of thioether (sulfide) groups is 1. The number of benzene rings is 4. The molecule has 4 aromatic rings. The zero-order valence-corrected chi connectivity index (χ0v) is 19.9. The number of halogens is 1. The lowest BCUT2D eigenvalue weighted by Gasteiger charge is -2.12. The van der Waals surface area contributed by atoms with Crippen LogP contribution in [0.3, 0.4) is 0 Å². The number of amides is 2. The normalized spacial score (nSPS) is 14.7. The summed E-state index contributed by atoms with van der Waals surface area (Å²) in [6.45, 7) is 0.169. The number of carbonyl (C=O) groups is 3. The van der Waals surface area contributed by atoms with Crippen molar-refractivity contribution in [1.29, 1.82) is 0 Å². The maximum Gasteiger partial charge on any atom is 0.344 e. The Morgan fingerprint density at radius 3 is 2.49 bits per heavy atom. The Kier molecular flexibility index (Phi) is 6.40. The molecule has 0 atom stereocenters. The molecule has 0 spiro atoms. The Balaban J connectivity index is 1.33. The molecule has 1 aliphatic heterocycles. The number of imide groups is 1. The molecule has 0 unspecified atom stereocenters. The van der Waals surface area contributed by atoms with Crippen molar-refractivity contribution in [2.75, 3.05) is 0 Å². The quantitative estimate of drug-likeness (QED) is 0.169. The van der Waals surface area contributed by atoms with Crippen molar-refractivity contribution >= 4 is 57.3 Å². The van der Waals surface area contributed by atoms with Gasteiger partial charge in [0.15, 0.2) is 0 Å². The molecule has 5 rings (SSSR count). The first-order valence-corrected chi connectivity index (χ1v) is 12.0. The van der Waals surface area contributed by atoms with Crippen LogP contribution in [0.4, 0.5) is 4.79 Å². The number of rotatable bonds is 5. The minimum absolute atomic E-state index is 0.169. The van der Waals surface area contributed by atoms with Gasteiger partial charge in [0.05, 0.1) is 17.0 Å². The smallest absolute Gasteiger partial charge is 0.344 e. The molecule has 0 radical (unpaired) electrons. The first kappa shape index (κ1) is 22.9. The summed E-state index contributed by atoms with van der Waals surface area (Å²) in [4.78, 5) is 39.7. The van der Waals surface area contributed by atoms with Crippen LogP contribution in [-0.2, 0) is 11.3 Å². The van der Waals surface area contributed by atoms with Crippen molar-refractivity contribution in [2.45, 2.75) is 6.54 Å². The zero-order chi connectivity index (χ0) is 24.4. The molecule has 1 heterocycles. The second-order valence-corrected chi connectivity index (χ2v) is 9.31.